The summed E-state index contributed by atoms with van der Waals surface area (Å²) < 4.78 is 16.7. The van der Waals surface area contributed by atoms with Crippen molar-refractivity contribution in [1.29, 1.82) is 0 Å². The summed E-state index contributed by atoms with van der Waals surface area (Å²) >= 11 is 3.43. The molecule has 0 aliphatic heterocycles. The third-order valence-electron chi connectivity index (χ3n) is 3.81. The highest BCUT2D eigenvalue weighted by molar-refractivity contribution is 9.10. The molecule has 1 fully saturated rings. The van der Waals surface area contributed by atoms with Gasteiger partial charge in [-0.3, -0.25) is 0 Å². The van der Waals surface area contributed by atoms with Crippen LogP contribution >= 0.6 is 28.3 Å². The molecule has 0 radical (unpaired) electrons. The van der Waals surface area contributed by atoms with E-state index in [1.165, 1.54) is 0 Å². The quantitative estimate of drug-likeness (QED) is 0.862. The number of rotatable bonds is 4. The lowest BCUT2D eigenvalue weighted by molar-refractivity contribution is 0.229. The highest BCUT2D eigenvalue weighted by Crippen LogP contribution is 2.40. The molecule has 1 saturated carbocycles. The number of ether oxygens (including phenoxy) is 2. The zero-order valence-electron chi connectivity index (χ0n) is 12.3. The second-order valence-corrected chi connectivity index (χ2v) is 5.92. The van der Waals surface area contributed by atoms with Crippen molar-refractivity contribution in [1.82, 2.24) is 10.1 Å². The summed E-state index contributed by atoms with van der Waals surface area (Å²) in [7, 11) is 3.18. The summed E-state index contributed by atoms with van der Waals surface area (Å²) in [5.74, 6) is 2.24. The van der Waals surface area contributed by atoms with Crippen LogP contribution in [0.4, 0.5) is 0 Å². The molecule has 8 heteroatoms. The Hall–Kier alpha value is -1.31. The van der Waals surface area contributed by atoms with Crippen molar-refractivity contribution in [3.05, 3.63) is 22.4 Å². The minimum Gasteiger partial charge on any atom is -0.495 e. The van der Waals surface area contributed by atoms with Gasteiger partial charge in [0.1, 0.15) is 16.0 Å². The average molecular weight is 391 g/mol. The normalized spacial score (nSPS) is 15.6. The molecule has 1 heterocycles. The first-order valence-electron chi connectivity index (χ1n) is 6.62. The van der Waals surface area contributed by atoms with Gasteiger partial charge in [-0.2, -0.15) is 4.98 Å². The summed E-state index contributed by atoms with van der Waals surface area (Å²) in [6, 6.07) is 3.63. The maximum Gasteiger partial charge on any atom is 0.258 e. The van der Waals surface area contributed by atoms with Crippen LogP contribution in [-0.2, 0) is 5.54 Å². The largest absolute Gasteiger partial charge is 0.495 e. The molecule has 0 bridgehead atoms. The van der Waals surface area contributed by atoms with Crippen LogP contribution in [0.3, 0.4) is 0 Å². The molecule has 1 aliphatic carbocycles. The number of nitrogens with zero attached hydrogens (tertiary/aromatic N) is 2. The Kier molecular flexibility index (Phi) is 4.99. The van der Waals surface area contributed by atoms with E-state index in [0.717, 1.165) is 29.3 Å². The summed E-state index contributed by atoms with van der Waals surface area (Å²) in [4.78, 5) is 4.43. The average Bonchev–Trinajstić information content (AvgIpc) is 2.95. The molecule has 120 valence electrons. The van der Waals surface area contributed by atoms with Crippen LogP contribution in [0.15, 0.2) is 21.1 Å². The maximum atomic E-state index is 6.21. The lowest BCUT2D eigenvalue weighted by atomic mass is 9.77. The second-order valence-electron chi connectivity index (χ2n) is 5.13. The first-order valence-corrected chi connectivity index (χ1v) is 7.41. The molecule has 6 nitrogen and oxygen atoms in total. The van der Waals surface area contributed by atoms with Crippen molar-refractivity contribution < 1.29 is 14.0 Å². The summed E-state index contributed by atoms with van der Waals surface area (Å²) in [6.45, 7) is 0. The van der Waals surface area contributed by atoms with E-state index in [1.807, 2.05) is 12.1 Å². The Balaban J connectivity index is 0.00000176. The van der Waals surface area contributed by atoms with E-state index in [1.54, 1.807) is 14.2 Å². The Morgan fingerprint density at radius 1 is 1.23 bits per heavy atom. The van der Waals surface area contributed by atoms with E-state index >= 15 is 0 Å². The summed E-state index contributed by atoms with van der Waals surface area (Å²) in [6.07, 6.45) is 2.87. The van der Waals surface area contributed by atoms with Gasteiger partial charge in [-0.1, -0.05) is 5.16 Å². The third-order valence-corrected chi connectivity index (χ3v) is 4.59. The lowest BCUT2D eigenvalue weighted by Crippen LogP contribution is -2.44. The first kappa shape index (κ1) is 17.1. The van der Waals surface area contributed by atoms with Crippen molar-refractivity contribution in [2.24, 2.45) is 5.73 Å². The molecule has 22 heavy (non-hydrogen) atoms. The van der Waals surface area contributed by atoms with Gasteiger partial charge in [0, 0.05) is 5.56 Å². The van der Waals surface area contributed by atoms with Crippen molar-refractivity contribution in [2.75, 3.05) is 14.2 Å². The summed E-state index contributed by atoms with van der Waals surface area (Å²) in [5.41, 5.74) is 6.50. The minimum absolute atomic E-state index is 0. The highest BCUT2D eigenvalue weighted by atomic mass is 79.9. The molecule has 0 unspecified atom stereocenters. The SMILES string of the molecule is COc1cc(-c2nc(C3(N)CCC3)no2)cc(OC)c1Br.Cl. The molecular weight excluding hydrogens is 374 g/mol. The van der Waals surface area contributed by atoms with Crippen LogP contribution in [0.25, 0.3) is 11.5 Å². The minimum atomic E-state index is -0.439. The van der Waals surface area contributed by atoms with Crippen LogP contribution in [0.1, 0.15) is 25.1 Å². The second kappa shape index (κ2) is 6.44. The topological polar surface area (TPSA) is 83.4 Å². The zero-order chi connectivity index (χ0) is 15.0. The van der Waals surface area contributed by atoms with Crippen LogP contribution in [-0.4, -0.2) is 24.4 Å². The monoisotopic (exact) mass is 389 g/mol. The smallest absolute Gasteiger partial charge is 0.258 e. The highest BCUT2D eigenvalue weighted by Gasteiger charge is 2.39. The number of nitrogens with two attached hydrogens (primary N) is 1. The molecule has 0 atom stereocenters. The molecule has 1 aromatic carbocycles. The number of aromatic nitrogens is 2. The lowest BCUT2D eigenvalue weighted by Gasteiger charge is -2.34. The van der Waals surface area contributed by atoms with Crippen molar-refractivity contribution in [3.63, 3.8) is 0 Å². The Morgan fingerprint density at radius 3 is 2.27 bits per heavy atom. The third kappa shape index (κ3) is 2.80. The predicted molar refractivity (Wildman–Crippen MR) is 87.5 cm³/mol. The molecule has 0 saturated heterocycles. The number of benzene rings is 1. The van der Waals surface area contributed by atoms with Crippen molar-refractivity contribution in [3.8, 4) is 23.0 Å². The number of methoxy groups -OCH3 is 2. The molecular formula is C14H17BrClN3O3. The first-order chi connectivity index (χ1) is 10.1. The van der Waals surface area contributed by atoms with E-state index in [2.05, 4.69) is 26.1 Å². The summed E-state index contributed by atoms with van der Waals surface area (Å²) in [5, 5.41) is 4.02. The van der Waals surface area contributed by atoms with Gasteiger partial charge >= 0.3 is 0 Å². The standard InChI is InChI=1S/C14H16BrN3O3.ClH/c1-19-9-6-8(7-10(20-2)11(9)15)12-17-13(18-21-12)14(16)4-3-5-14;/h6-7H,3-5,16H2,1-2H3;1H. The van der Waals surface area contributed by atoms with Crippen LogP contribution in [0.2, 0.25) is 0 Å². The molecule has 2 N–H and O–H groups in total. The molecule has 2 aromatic rings. The fraction of sp³-hybridized carbons (Fsp3) is 0.429. The van der Waals surface area contributed by atoms with Crippen molar-refractivity contribution >= 4 is 28.3 Å². The van der Waals surface area contributed by atoms with Gasteiger partial charge in [-0.15, -0.1) is 12.4 Å². The molecule has 0 amide bonds. The van der Waals surface area contributed by atoms with Gasteiger partial charge in [0.2, 0.25) is 0 Å². The maximum absolute atomic E-state index is 6.21. The van der Waals surface area contributed by atoms with Crippen LogP contribution in [0, 0.1) is 0 Å². The van der Waals surface area contributed by atoms with Gasteiger partial charge in [0.25, 0.3) is 5.89 Å². The van der Waals surface area contributed by atoms with E-state index in [9.17, 15) is 0 Å². The van der Waals surface area contributed by atoms with Gasteiger partial charge < -0.3 is 19.7 Å². The fourth-order valence-electron chi connectivity index (χ4n) is 2.32. The number of hydrogen-bond acceptors (Lipinski definition) is 6. The Bertz CT molecular complexity index is 648. The van der Waals surface area contributed by atoms with Gasteiger partial charge in [-0.05, 0) is 47.3 Å². The molecule has 1 aliphatic rings. The fourth-order valence-corrected chi connectivity index (χ4v) is 2.87. The van der Waals surface area contributed by atoms with Gasteiger partial charge in [0.05, 0.1) is 19.8 Å². The Labute approximate surface area is 142 Å². The zero-order valence-corrected chi connectivity index (χ0v) is 14.7. The molecule has 1 aromatic heterocycles. The van der Waals surface area contributed by atoms with Crippen LogP contribution in [0.5, 0.6) is 11.5 Å². The number of hydrogen-bond donors (Lipinski definition) is 1. The molecule has 3 rings (SSSR count). The van der Waals surface area contributed by atoms with E-state index in [0.29, 0.717) is 23.2 Å². The van der Waals surface area contributed by atoms with E-state index in [-0.39, 0.29) is 12.4 Å². The van der Waals surface area contributed by atoms with Gasteiger partial charge in [0.15, 0.2) is 5.82 Å². The van der Waals surface area contributed by atoms with Gasteiger partial charge in [-0.25, -0.2) is 0 Å². The van der Waals surface area contributed by atoms with Crippen molar-refractivity contribution in [2.45, 2.75) is 24.8 Å². The molecule has 0 spiro atoms. The predicted octanol–water partition coefficient (Wildman–Crippen LogP) is 3.28. The van der Waals surface area contributed by atoms with E-state index in [4.69, 9.17) is 19.7 Å². The Morgan fingerprint density at radius 2 is 1.82 bits per heavy atom. The number of halogens is 2. The van der Waals surface area contributed by atoms with Crippen LogP contribution < -0.4 is 15.2 Å². The van der Waals surface area contributed by atoms with E-state index < -0.39 is 5.54 Å².